The Bertz CT molecular complexity index is 553. The van der Waals surface area contributed by atoms with E-state index in [2.05, 4.69) is 10.6 Å². The van der Waals surface area contributed by atoms with Crippen LogP contribution in [0.3, 0.4) is 0 Å². The molecule has 1 heterocycles. The first kappa shape index (κ1) is 17.8. The molecule has 1 aliphatic rings. The number of hydrogen-bond acceptors (Lipinski definition) is 3. The molecular formula is C18H28N2O3. The Morgan fingerprint density at radius 1 is 1.30 bits per heavy atom. The van der Waals surface area contributed by atoms with Crippen molar-refractivity contribution in [1.29, 1.82) is 0 Å². The number of benzene rings is 1. The summed E-state index contributed by atoms with van der Waals surface area (Å²) < 4.78 is 5.97. The predicted octanol–water partition coefficient (Wildman–Crippen LogP) is 2.54. The molecule has 0 saturated carbocycles. The number of ether oxygens (including phenoxy) is 1. The van der Waals surface area contributed by atoms with Gasteiger partial charge in [0.25, 0.3) is 0 Å². The summed E-state index contributed by atoms with van der Waals surface area (Å²) in [4.78, 5) is 12.2. The number of rotatable bonds is 4. The second-order valence-electron chi connectivity index (χ2n) is 7.69. The van der Waals surface area contributed by atoms with Crippen LogP contribution in [-0.4, -0.2) is 34.9 Å². The van der Waals surface area contributed by atoms with Crippen molar-refractivity contribution in [3.05, 3.63) is 35.9 Å². The minimum atomic E-state index is -1.11. The van der Waals surface area contributed by atoms with Crippen LogP contribution in [0.4, 0.5) is 4.79 Å². The number of carbonyl (C=O) groups is 1. The van der Waals surface area contributed by atoms with Gasteiger partial charge in [0.05, 0.1) is 23.8 Å². The molecule has 0 spiro atoms. The van der Waals surface area contributed by atoms with E-state index in [4.69, 9.17) is 4.74 Å². The monoisotopic (exact) mass is 320 g/mol. The molecule has 128 valence electrons. The zero-order valence-corrected chi connectivity index (χ0v) is 14.6. The van der Waals surface area contributed by atoms with Crippen molar-refractivity contribution < 1.29 is 14.6 Å². The molecule has 0 bridgehead atoms. The zero-order chi connectivity index (χ0) is 17.3. The SMILES string of the molecule is CC1(C)CC(NC(=O)NCC(C)(O)c2ccccc2)C(C)(C)O1. The van der Waals surface area contributed by atoms with Gasteiger partial charge in [0.1, 0.15) is 5.60 Å². The Labute approximate surface area is 138 Å². The minimum absolute atomic E-state index is 0.0702. The molecule has 1 aromatic rings. The van der Waals surface area contributed by atoms with Crippen molar-refractivity contribution in [3.63, 3.8) is 0 Å². The molecule has 0 radical (unpaired) electrons. The predicted molar refractivity (Wildman–Crippen MR) is 90.2 cm³/mol. The largest absolute Gasteiger partial charge is 0.384 e. The summed E-state index contributed by atoms with van der Waals surface area (Å²) in [5, 5.41) is 16.2. The van der Waals surface area contributed by atoms with E-state index in [9.17, 15) is 9.90 Å². The van der Waals surface area contributed by atoms with Crippen molar-refractivity contribution in [2.45, 2.75) is 63.9 Å². The molecular weight excluding hydrogens is 292 g/mol. The maximum Gasteiger partial charge on any atom is 0.315 e. The van der Waals surface area contributed by atoms with Crippen LogP contribution in [0.5, 0.6) is 0 Å². The number of aliphatic hydroxyl groups is 1. The van der Waals surface area contributed by atoms with E-state index >= 15 is 0 Å². The van der Waals surface area contributed by atoms with Gasteiger partial charge in [-0.05, 0) is 46.6 Å². The molecule has 23 heavy (non-hydrogen) atoms. The molecule has 2 atom stereocenters. The summed E-state index contributed by atoms with van der Waals surface area (Å²) in [6.45, 7) is 9.83. The fourth-order valence-corrected chi connectivity index (χ4v) is 3.15. The molecule has 5 nitrogen and oxygen atoms in total. The molecule has 5 heteroatoms. The van der Waals surface area contributed by atoms with Gasteiger partial charge in [0, 0.05) is 0 Å². The molecule has 2 rings (SSSR count). The van der Waals surface area contributed by atoms with Crippen LogP contribution in [0.2, 0.25) is 0 Å². The number of carbonyl (C=O) groups excluding carboxylic acids is 1. The summed E-state index contributed by atoms with van der Waals surface area (Å²) in [5.74, 6) is 0. The third-order valence-corrected chi connectivity index (χ3v) is 4.37. The lowest BCUT2D eigenvalue weighted by atomic mass is 9.94. The summed E-state index contributed by atoms with van der Waals surface area (Å²) >= 11 is 0. The maximum absolute atomic E-state index is 12.2. The third kappa shape index (κ3) is 4.45. The molecule has 0 aromatic heterocycles. The smallest absolute Gasteiger partial charge is 0.315 e. The van der Waals surface area contributed by atoms with Crippen LogP contribution in [0.25, 0.3) is 0 Å². The van der Waals surface area contributed by atoms with Gasteiger partial charge in [-0.15, -0.1) is 0 Å². The molecule has 2 amide bonds. The van der Waals surface area contributed by atoms with E-state index in [0.29, 0.717) is 0 Å². The van der Waals surface area contributed by atoms with Gasteiger partial charge in [-0.3, -0.25) is 0 Å². The number of nitrogens with one attached hydrogen (secondary N) is 2. The van der Waals surface area contributed by atoms with Crippen LogP contribution < -0.4 is 10.6 Å². The van der Waals surface area contributed by atoms with Crippen molar-refractivity contribution >= 4 is 6.03 Å². The van der Waals surface area contributed by atoms with Gasteiger partial charge >= 0.3 is 6.03 Å². The number of hydrogen-bond donors (Lipinski definition) is 3. The molecule has 3 N–H and O–H groups in total. The molecule has 0 aliphatic carbocycles. The Morgan fingerprint density at radius 2 is 1.91 bits per heavy atom. The highest BCUT2D eigenvalue weighted by atomic mass is 16.5. The lowest BCUT2D eigenvalue weighted by molar-refractivity contribution is -0.0690. The van der Waals surface area contributed by atoms with E-state index in [1.54, 1.807) is 6.92 Å². The van der Waals surface area contributed by atoms with E-state index in [1.165, 1.54) is 0 Å². The van der Waals surface area contributed by atoms with Gasteiger partial charge < -0.3 is 20.5 Å². The van der Waals surface area contributed by atoms with Gasteiger partial charge in [-0.25, -0.2) is 4.79 Å². The first-order valence-electron chi connectivity index (χ1n) is 8.04. The molecule has 1 fully saturated rings. The van der Waals surface area contributed by atoms with Gasteiger partial charge in [-0.2, -0.15) is 0 Å². The standard InChI is InChI=1S/C18H28N2O3/c1-16(2)11-14(17(3,4)23-16)20-15(21)19-12-18(5,22)13-9-7-6-8-10-13/h6-10,14,22H,11-12H2,1-5H3,(H2,19,20,21). The Morgan fingerprint density at radius 3 is 2.43 bits per heavy atom. The fourth-order valence-electron chi connectivity index (χ4n) is 3.15. The summed E-state index contributed by atoms with van der Waals surface area (Å²) in [6, 6.07) is 8.95. The first-order valence-corrected chi connectivity index (χ1v) is 8.04. The summed E-state index contributed by atoms with van der Waals surface area (Å²) in [5.41, 5.74) is -1.01. The van der Waals surface area contributed by atoms with Gasteiger partial charge in [-0.1, -0.05) is 30.3 Å². The van der Waals surface area contributed by atoms with E-state index in [-0.39, 0.29) is 24.2 Å². The minimum Gasteiger partial charge on any atom is -0.384 e. The second-order valence-corrected chi connectivity index (χ2v) is 7.69. The van der Waals surface area contributed by atoms with Crippen LogP contribution in [-0.2, 0) is 10.3 Å². The average Bonchev–Trinajstić information content (AvgIpc) is 2.65. The van der Waals surface area contributed by atoms with Crippen LogP contribution in [0.15, 0.2) is 30.3 Å². The molecule has 1 aromatic carbocycles. The topological polar surface area (TPSA) is 70.6 Å². The van der Waals surface area contributed by atoms with Crippen molar-refractivity contribution in [3.8, 4) is 0 Å². The fraction of sp³-hybridized carbons (Fsp3) is 0.611. The molecule has 2 unspecified atom stereocenters. The Balaban J connectivity index is 1.91. The number of urea groups is 1. The highest BCUT2D eigenvalue weighted by Gasteiger charge is 2.46. The summed E-state index contributed by atoms with van der Waals surface area (Å²) in [6.07, 6.45) is 0.752. The van der Waals surface area contributed by atoms with E-state index in [1.807, 2.05) is 58.0 Å². The van der Waals surface area contributed by atoms with Crippen molar-refractivity contribution in [1.82, 2.24) is 10.6 Å². The third-order valence-electron chi connectivity index (χ3n) is 4.37. The lowest BCUT2D eigenvalue weighted by Crippen LogP contribution is -2.51. The van der Waals surface area contributed by atoms with E-state index in [0.717, 1.165) is 12.0 Å². The van der Waals surface area contributed by atoms with E-state index < -0.39 is 11.2 Å². The highest BCUT2D eigenvalue weighted by molar-refractivity contribution is 5.74. The highest BCUT2D eigenvalue weighted by Crippen LogP contribution is 2.37. The zero-order valence-electron chi connectivity index (χ0n) is 14.6. The average molecular weight is 320 g/mol. The van der Waals surface area contributed by atoms with Gasteiger partial charge in [0.15, 0.2) is 0 Å². The quantitative estimate of drug-likeness (QED) is 0.798. The van der Waals surface area contributed by atoms with Crippen LogP contribution >= 0.6 is 0 Å². The maximum atomic E-state index is 12.2. The second kappa shape index (κ2) is 6.13. The van der Waals surface area contributed by atoms with Crippen molar-refractivity contribution in [2.24, 2.45) is 0 Å². The first-order chi connectivity index (χ1) is 10.5. The Hall–Kier alpha value is -1.59. The summed E-state index contributed by atoms with van der Waals surface area (Å²) in [7, 11) is 0. The lowest BCUT2D eigenvalue weighted by Gasteiger charge is -2.29. The Kier molecular flexibility index (Phi) is 4.74. The number of amides is 2. The van der Waals surface area contributed by atoms with Gasteiger partial charge in [0.2, 0.25) is 0 Å². The van der Waals surface area contributed by atoms with Crippen molar-refractivity contribution in [2.75, 3.05) is 6.54 Å². The van der Waals surface area contributed by atoms with Crippen LogP contribution in [0, 0.1) is 0 Å². The normalized spacial score (nSPS) is 24.7. The molecule has 1 aliphatic heterocycles. The van der Waals surface area contributed by atoms with Crippen LogP contribution in [0.1, 0.15) is 46.6 Å². The molecule has 1 saturated heterocycles.